The van der Waals surface area contributed by atoms with Crippen LogP contribution in [0, 0.1) is 12.7 Å². The van der Waals surface area contributed by atoms with Gasteiger partial charge in [-0.05, 0) is 12.5 Å². The third kappa shape index (κ3) is 1.53. The number of halogens is 3. The summed E-state index contributed by atoms with van der Waals surface area (Å²) in [5, 5.41) is 8.55. The topological polar surface area (TPSA) is 33.1 Å². The number of rotatable bonds is 1. The molecule has 1 N–H and O–H groups in total. The first kappa shape index (κ1) is 9.71. The minimum atomic E-state index is -0.634. The fourth-order valence-corrected chi connectivity index (χ4v) is 1.38. The van der Waals surface area contributed by atoms with Crippen LogP contribution in [0.5, 0.6) is 0 Å². The summed E-state index contributed by atoms with van der Waals surface area (Å²) >= 11 is 11.0. The van der Waals surface area contributed by atoms with Crippen molar-refractivity contribution in [2.75, 3.05) is 0 Å². The molecular weight excluding hydrogens is 204 g/mol. The second-order valence-electron chi connectivity index (χ2n) is 2.27. The number of hydrogen-bond acceptors (Lipinski definition) is 2. The Morgan fingerprint density at radius 2 is 2.00 bits per heavy atom. The van der Waals surface area contributed by atoms with Gasteiger partial charge in [-0.15, -0.1) is 0 Å². The van der Waals surface area contributed by atoms with Crippen molar-refractivity contribution in [3.63, 3.8) is 0 Å². The molecule has 66 valence electrons. The van der Waals surface area contributed by atoms with Gasteiger partial charge in [0.25, 0.3) is 0 Å². The van der Waals surface area contributed by atoms with Crippen molar-refractivity contribution < 1.29 is 9.50 Å². The van der Waals surface area contributed by atoms with Crippen LogP contribution in [-0.2, 0) is 6.61 Å². The zero-order valence-corrected chi connectivity index (χ0v) is 7.75. The Kier molecular flexibility index (Phi) is 2.88. The lowest BCUT2D eigenvalue weighted by Gasteiger charge is -2.06. The molecule has 0 aromatic carbocycles. The molecule has 5 heteroatoms. The SMILES string of the molecule is Cc1c(F)c(Cl)nc(Cl)c1CO. The van der Waals surface area contributed by atoms with E-state index in [-0.39, 0.29) is 28.0 Å². The lowest BCUT2D eigenvalue weighted by Crippen LogP contribution is -1.98. The third-order valence-electron chi connectivity index (χ3n) is 1.57. The van der Waals surface area contributed by atoms with Gasteiger partial charge in [-0.25, -0.2) is 9.37 Å². The summed E-state index contributed by atoms with van der Waals surface area (Å²) in [7, 11) is 0. The predicted molar refractivity (Wildman–Crippen MR) is 44.9 cm³/mol. The fraction of sp³-hybridized carbons (Fsp3) is 0.286. The molecule has 0 unspecified atom stereocenters. The van der Waals surface area contributed by atoms with Gasteiger partial charge in [-0.1, -0.05) is 23.2 Å². The molecule has 12 heavy (non-hydrogen) atoms. The summed E-state index contributed by atoms with van der Waals surface area (Å²) in [4.78, 5) is 3.50. The van der Waals surface area contributed by atoms with E-state index in [1.165, 1.54) is 6.92 Å². The molecule has 0 fully saturated rings. The van der Waals surface area contributed by atoms with Crippen molar-refractivity contribution in [1.82, 2.24) is 4.98 Å². The zero-order chi connectivity index (χ0) is 9.30. The smallest absolute Gasteiger partial charge is 0.166 e. The first-order valence-corrected chi connectivity index (χ1v) is 3.94. The minimum absolute atomic E-state index is 0.0430. The molecule has 1 aromatic rings. The molecule has 1 heterocycles. The van der Waals surface area contributed by atoms with Crippen LogP contribution >= 0.6 is 23.2 Å². The van der Waals surface area contributed by atoms with Gasteiger partial charge in [-0.2, -0.15) is 0 Å². The van der Waals surface area contributed by atoms with E-state index in [2.05, 4.69) is 4.98 Å². The van der Waals surface area contributed by atoms with Crippen LogP contribution < -0.4 is 0 Å². The highest BCUT2D eigenvalue weighted by molar-refractivity contribution is 6.33. The number of aliphatic hydroxyl groups is 1. The number of pyridine rings is 1. The average molecular weight is 210 g/mol. The van der Waals surface area contributed by atoms with Crippen molar-refractivity contribution in [2.45, 2.75) is 13.5 Å². The largest absolute Gasteiger partial charge is 0.392 e. The van der Waals surface area contributed by atoms with E-state index in [4.69, 9.17) is 28.3 Å². The maximum absolute atomic E-state index is 13.0. The first-order chi connectivity index (χ1) is 5.57. The van der Waals surface area contributed by atoms with Gasteiger partial charge < -0.3 is 5.11 Å². The molecule has 0 aliphatic heterocycles. The number of aliphatic hydroxyl groups excluding tert-OH is 1. The van der Waals surface area contributed by atoms with E-state index in [9.17, 15) is 4.39 Å². The van der Waals surface area contributed by atoms with Crippen LogP contribution in [0.1, 0.15) is 11.1 Å². The molecule has 2 nitrogen and oxygen atoms in total. The number of hydrogen-bond donors (Lipinski definition) is 1. The maximum atomic E-state index is 13.0. The zero-order valence-electron chi connectivity index (χ0n) is 6.24. The first-order valence-electron chi connectivity index (χ1n) is 3.18. The van der Waals surface area contributed by atoms with Crippen LogP contribution in [0.15, 0.2) is 0 Å². The molecule has 1 aromatic heterocycles. The van der Waals surface area contributed by atoms with E-state index in [1.807, 2.05) is 0 Å². The maximum Gasteiger partial charge on any atom is 0.166 e. The van der Waals surface area contributed by atoms with E-state index in [1.54, 1.807) is 0 Å². The number of nitrogens with zero attached hydrogens (tertiary/aromatic N) is 1. The second kappa shape index (κ2) is 3.56. The van der Waals surface area contributed by atoms with Gasteiger partial charge in [0.1, 0.15) is 5.15 Å². The molecule has 0 saturated heterocycles. The average Bonchev–Trinajstić information content (AvgIpc) is 2.01. The molecule has 0 saturated carbocycles. The molecule has 0 spiro atoms. The van der Waals surface area contributed by atoms with Crippen molar-refractivity contribution in [3.05, 3.63) is 27.3 Å². The number of aromatic nitrogens is 1. The van der Waals surface area contributed by atoms with Crippen molar-refractivity contribution >= 4 is 23.2 Å². The summed E-state index contributed by atoms with van der Waals surface area (Å²) in [6, 6.07) is 0. The van der Waals surface area contributed by atoms with Crippen LogP contribution in [0.25, 0.3) is 0 Å². The summed E-state index contributed by atoms with van der Waals surface area (Å²) in [6.07, 6.45) is 0. The Hall–Kier alpha value is -0.380. The Morgan fingerprint density at radius 3 is 2.50 bits per heavy atom. The van der Waals surface area contributed by atoms with E-state index < -0.39 is 5.82 Å². The highest BCUT2D eigenvalue weighted by Gasteiger charge is 2.13. The van der Waals surface area contributed by atoms with Crippen molar-refractivity contribution in [2.24, 2.45) is 0 Å². The summed E-state index contributed by atoms with van der Waals surface area (Å²) in [5.41, 5.74) is 0.515. The van der Waals surface area contributed by atoms with E-state index in [0.29, 0.717) is 0 Å². The minimum Gasteiger partial charge on any atom is -0.392 e. The predicted octanol–water partition coefficient (Wildman–Crippen LogP) is 2.33. The molecule has 0 bridgehead atoms. The van der Waals surface area contributed by atoms with Gasteiger partial charge in [0, 0.05) is 5.56 Å². The summed E-state index contributed by atoms with van der Waals surface area (Å²) < 4.78 is 13.0. The molecular formula is C7H6Cl2FNO. The molecule has 0 aliphatic carbocycles. The van der Waals surface area contributed by atoms with Gasteiger partial charge in [0.2, 0.25) is 0 Å². The lowest BCUT2D eigenvalue weighted by molar-refractivity contribution is 0.280. The molecule has 1 rings (SSSR count). The van der Waals surface area contributed by atoms with Gasteiger partial charge in [-0.3, -0.25) is 0 Å². The molecule has 0 amide bonds. The van der Waals surface area contributed by atoms with Crippen LogP contribution in [0.4, 0.5) is 4.39 Å². The standard InChI is InChI=1S/C7H6Cl2FNO/c1-3-4(2-12)6(8)11-7(9)5(3)10/h12H,2H2,1H3. The van der Waals surface area contributed by atoms with E-state index >= 15 is 0 Å². The van der Waals surface area contributed by atoms with Crippen molar-refractivity contribution in [1.29, 1.82) is 0 Å². The Labute approximate surface area is 78.9 Å². The van der Waals surface area contributed by atoms with Crippen LogP contribution in [0.3, 0.4) is 0 Å². The van der Waals surface area contributed by atoms with Gasteiger partial charge in [0.05, 0.1) is 6.61 Å². The Bertz CT molecular complexity index is 317. The quantitative estimate of drug-likeness (QED) is 0.721. The molecule has 0 aliphatic rings. The van der Waals surface area contributed by atoms with Crippen LogP contribution in [0.2, 0.25) is 10.3 Å². The highest BCUT2D eigenvalue weighted by atomic mass is 35.5. The van der Waals surface area contributed by atoms with Crippen molar-refractivity contribution in [3.8, 4) is 0 Å². The third-order valence-corrected chi connectivity index (χ3v) is 2.13. The van der Waals surface area contributed by atoms with Gasteiger partial charge >= 0.3 is 0 Å². The normalized spacial score (nSPS) is 10.4. The van der Waals surface area contributed by atoms with Gasteiger partial charge in [0.15, 0.2) is 11.0 Å². The summed E-state index contributed by atoms with van der Waals surface area (Å²) in [6.45, 7) is 1.14. The summed E-state index contributed by atoms with van der Waals surface area (Å²) in [5.74, 6) is -0.634. The molecule has 0 atom stereocenters. The monoisotopic (exact) mass is 209 g/mol. The Balaban J connectivity index is 3.40. The Morgan fingerprint density at radius 1 is 1.42 bits per heavy atom. The van der Waals surface area contributed by atoms with E-state index in [0.717, 1.165) is 0 Å². The fourth-order valence-electron chi connectivity index (χ4n) is 0.828. The highest BCUT2D eigenvalue weighted by Crippen LogP contribution is 2.24. The molecule has 0 radical (unpaired) electrons. The van der Waals surface area contributed by atoms with Crippen LogP contribution in [-0.4, -0.2) is 10.1 Å². The lowest BCUT2D eigenvalue weighted by atomic mass is 10.2. The second-order valence-corrected chi connectivity index (χ2v) is 2.99.